The van der Waals surface area contributed by atoms with E-state index < -0.39 is 41.6 Å². The van der Waals surface area contributed by atoms with Crippen LogP contribution < -0.4 is 15.0 Å². The molecule has 0 saturated carbocycles. The van der Waals surface area contributed by atoms with Gasteiger partial charge in [0, 0.05) is 0 Å². The Labute approximate surface area is 272 Å². The molecular formula is C31H23F7N6O3S. The Morgan fingerprint density at radius 1 is 1.02 bits per heavy atom. The number of benzene rings is 3. The van der Waals surface area contributed by atoms with E-state index in [2.05, 4.69) is 25.1 Å². The summed E-state index contributed by atoms with van der Waals surface area (Å²) in [7, 11) is 0. The molecule has 4 aromatic rings. The van der Waals surface area contributed by atoms with Gasteiger partial charge in [-0.15, -0.1) is 18.3 Å². The fourth-order valence-electron chi connectivity index (χ4n) is 4.50. The number of nitrogens with zero attached hydrogens (tertiary/aromatic N) is 5. The van der Waals surface area contributed by atoms with E-state index in [0.29, 0.717) is 16.8 Å². The molecule has 9 nitrogen and oxygen atoms in total. The van der Waals surface area contributed by atoms with Crippen LogP contribution in [0.1, 0.15) is 42.3 Å². The van der Waals surface area contributed by atoms with Crippen molar-refractivity contribution < 1.29 is 45.1 Å². The first-order chi connectivity index (χ1) is 22.6. The number of carbonyl (C=O) groups is 2. The molecule has 1 fully saturated rings. The fraction of sp³-hybridized carbons (Fsp3) is 0.194. The van der Waals surface area contributed by atoms with Gasteiger partial charge in [0.15, 0.2) is 11.0 Å². The van der Waals surface area contributed by atoms with Crippen LogP contribution in [0.25, 0.3) is 17.8 Å². The third kappa shape index (κ3) is 8.20. The molecule has 1 aliphatic rings. The minimum absolute atomic E-state index is 0.0449. The van der Waals surface area contributed by atoms with Gasteiger partial charge in [-0.2, -0.15) is 18.2 Å². The molecule has 0 atom stereocenters. The van der Waals surface area contributed by atoms with Gasteiger partial charge in [0.05, 0.1) is 28.4 Å². The molecule has 0 aliphatic carbocycles. The predicted octanol–water partition coefficient (Wildman–Crippen LogP) is 8.29. The molecule has 1 N–H and O–H groups in total. The average molecular weight is 693 g/mol. The number of aliphatic imine (C=N–C) groups is 1. The van der Waals surface area contributed by atoms with Gasteiger partial charge in [0.2, 0.25) is 5.91 Å². The molecular weight excluding hydrogens is 669 g/mol. The number of amides is 3. The molecule has 3 aromatic carbocycles. The van der Waals surface area contributed by atoms with Crippen molar-refractivity contribution in [3.8, 4) is 11.4 Å². The van der Waals surface area contributed by atoms with E-state index in [0.717, 1.165) is 47.0 Å². The molecule has 5 rings (SSSR count). The first-order valence-corrected chi connectivity index (χ1v) is 14.9. The Morgan fingerprint density at radius 2 is 1.75 bits per heavy atom. The summed E-state index contributed by atoms with van der Waals surface area (Å²) < 4.78 is 97.6. The van der Waals surface area contributed by atoms with Crippen LogP contribution in [0.3, 0.4) is 0 Å². The van der Waals surface area contributed by atoms with Crippen molar-refractivity contribution in [2.75, 3.05) is 16.0 Å². The normalized spacial score (nSPS) is 14.8. The van der Waals surface area contributed by atoms with Crippen molar-refractivity contribution >= 4 is 52.4 Å². The lowest BCUT2D eigenvalue weighted by atomic mass is 9.98. The number of rotatable bonds is 7. The summed E-state index contributed by atoms with van der Waals surface area (Å²) in [6.07, 6.45) is -5.22. The second-order valence-electron chi connectivity index (χ2n) is 10.4. The van der Waals surface area contributed by atoms with Gasteiger partial charge in [0.1, 0.15) is 17.9 Å². The summed E-state index contributed by atoms with van der Waals surface area (Å²) in [5.74, 6) is -2.02. The lowest BCUT2D eigenvalue weighted by molar-refractivity contribution is -0.274. The number of carbonyl (C=O) groups excluding carboxylic acids is 2. The Morgan fingerprint density at radius 3 is 2.40 bits per heavy atom. The summed E-state index contributed by atoms with van der Waals surface area (Å²) in [6, 6.07) is 10.8. The fourth-order valence-corrected chi connectivity index (χ4v) is 5.36. The summed E-state index contributed by atoms with van der Waals surface area (Å²) in [5.41, 5.74) is -0.0528. The van der Waals surface area contributed by atoms with Crippen molar-refractivity contribution in [1.82, 2.24) is 14.8 Å². The topological polar surface area (TPSA) is 102 Å². The quantitative estimate of drug-likeness (QED) is 0.196. The Bertz CT molecular complexity index is 1900. The summed E-state index contributed by atoms with van der Waals surface area (Å²) >= 11 is 0.861. The number of amidine groups is 1. The van der Waals surface area contributed by atoms with Crippen molar-refractivity contribution in [2.24, 2.45) is 4.99 Å². The summed E-state index contributed by atoms with van der Waals surface area (Å²) in [6.45, 7) is 3.49. The predicted molar refractivity (Wildman–Crippen MR) is 165 cm³/mol. The van der Waals surface area contributed by atoms with Gasteiger partial charge in [-0.3, -0.25) is 9.69 Å². The molecule has 1 aliphatic heterocycles. The van der Waals surface area contributed by atoms with E-state index in [1.807, 2.05) is 0 Å². The molecule has 0 unspecified atom stereocenters. The standard InChI is InChI=1S/C31H23F7N6O3S/c1-17(2)22-10-5-19(30(33,34)35)14-25(22)44-27(45)15-48-29(44)41-28(46)40-24-11-3-18(13-23(24)32)4-12-26-39-16-43(42-26)20-6-8-21(9-7-20)47-31(36,37)38/h3-14,16-17H,15H2,1-2H3,(H,40,46)/b12-4+,41-29-. The zero-order valence-electron chi connectivity index (χ0n) is 24.8. The highest BCUT2D eigenvalue weighted by molar-refractivity contribution is 8.15. The first kappa shape index (κ1) is 34.2. The summed E-state index contributed by atoms with van der Waals surface area (Å²) in [4.78, 5) is 34.4. The van der Waals surface area contributed by atoms with Gasteiger partial charge in [-0.05, 0) is 71.7 Å². The van der Waals surface area contributed by atoms with Gasteiger partial charge in [0.25, 0.3) is 0 Å². The number of ether oxygens (including phenoxy) is 1. The zero-order valence-corrected chi connectivity index (χ0v) is 25.6. The number of urea groups is 1. The Balaban J connectivity index is 1.27. The molecule has 1 saturated heterocycles. The number of halogens is 7. The van der Waals surface area contributed by atoms with Crippen LogP contribution in [0.5, 0.6) is 5.75 Å². The molecule has 0 radical (unpaired) electrons. The van der Waals surface area contributed by atoms with E-state index in [1.54, 1.807) is 13.8 Å². The molecule has 48 heavy (non-hydrogen) atoms. The van der Waals surface area contributed by atoms with Crippen LogP contribution in [-0.2, 0) is 11.0 Å². The number of anilines is 2. The highest BCUT2D eigenvalue weighted by Crippen LogP contribution is 2.38. The van der Waals surface area contributed by atoms with Gasteiger partial charge >= 0.3 is 18.6 Å². The van der Waals surface area contributed by atoms with Crippen molar-refractivity contribution in [2.45, 2.75) is 32.3 Å². The number of thioether (sulfide) groups is 1. The van der Waals surface area contributed by atoms with Crippen LogP contribution >= 0.6 is 11.8 Å². The first-order valence-electron chi connectivity index (χ1n) is 13.9. The average Bonchev–Trinajstić information content (AvgIpc) is 3.62. The lowest BCUT2D eigenvalue weighted by Crippen LogP contribution is -2.31. The number of alkyl halides is 6. The Hall–Kier alpha value is -5.19. The van der Waals surface area contributed by atoms with Crippen molar-refractivity contribution in [3.05, 3.63) is 95.3 Å². The molecule has 2 heterocycles. The largest absolute Gasteiger partial charge is 0.573 e. The van der Waals surface area contributed by atoms with Crippen LogP contribution in [0.2, 0.25) is 0 Å². The van der Waals surface area contributed by atoms with E-state index in [-0.39, 0.29) is 34.0 Å². The number of nitrogens with one attached hydrogen (secondary N) is 1. The van der Waals surface area contributed by atoms with E-state index in [9.17, 15) is 40.3 Å². The SMILES string of the molecule is CC(C)c1ccc(C(F)(F)F)cc1N1C(=O)CS/C1=N\C(=O)Nc1ccc(/C=C/c2ncn(-c3ccc(OC(F)(F)F)cc3)n2)cc1F. The molecule has 0 bridgehead atoms. The highest BCUT2D eigenvalue weighted by Gasteiger charge is 2.36. The van der Waals surface area contributed by atoms with Gasteiger partial charge < -0.3 is 10.1 Å². The Kier molecular flexibility index (Phi) is 9.61. The van der Waals surface area contributed by atoms with Crippen molar-refractivity contribution in [3.63, 3.8) is 0 Å². The second kappa shape index (κ2) is 13.5. The van der Waals surface area contributed by atoms with Crippen molar-refractivity contribution in [1.29, 1.82) is 0 Å². The molecule has 3 amide bonds. The summed E-state index contributed by atoms with van der Waals surface area (Å²) in [5, 5.41) is 6.32. The van der Waals surface area contributed by atoms with Crippen LogP contribution in [0, 0.1) is 5.82 Å². The van der Waals surface area contributed by atoms with E-state index in [4.69, 9.17) is 0 Å². The zero-order chi connectivity index (χ0) is 34.8. The molecule has 0 spiro atoms. The molecule has 1 aromatic heterocycles. The third-order valence-electron chi connectivity index (χ3n) is 6.69. The van der Waals surface area contributed by atoms with Gasteiger partial charge in [-0.1, -0.05) is 43.8 Å². The number of hydrogen-bond donors (Lipinski definition) is 1. The maximum Gasteiger partial charge on any atom is 0.573 e. The lowest BCUT2D eigenvalue weighted by Gasteiger charge is -2.23. The maximum atomic E-state index is 14.9. The van der Waals surface area contributed by atoms with E-state index in [1.165, 1.54) is 53.5 Å². The molecule has 250 valence electrons. The smallest absolute Gasteiger partial charge is 0.406 e. The number of hydrogen-bond acceptors (Lipinski definition) is 6. The number of aromatic nitrogens is 3. The van der Waals surface area contributed by atoms with Crippen LogP contribution in [0.4, 0.5) is 46.9 Å². The van der Waals surface area contributed by atoms with Crippen LogP contribution in [-0.4, -0.2) is 44.0 Å². The van der Waals surface area contributed by atoms with E-state index >= 15 is 0 Å². The van der Waals surface area contributed by atoms with Gasteiger partial charge in [-0.25, -0.2) is 18.9 Å². The minimum Gasteiger partial charge on any atom is -0.406 e. The minimum atomic E-state index is -4.82. The van der Waals surface area contributed by atoms with Crippen LogP contribution in [0.15, 0.2) is 72.0 Å². The second-order valence-corrected chi connectivity index (χ2v) is 11.4. The monoisotopic (exact) mass is 692 g/mol. The maximum absolute atomic E-state index is 14.9. The third-order valence-corrected chi connectivity index (χ3v) is 7.61. The molecule has 17 heteroatoms. The highest BCUT2D eigenvalue weighted by atomic mass is 32.2.